The normalized spacial score (nSPS) is 19.4. The van der Waals surface area contributed by atoms with Crippen molar-refractivity contribution in [3.8, 4) is 0 Å². The molecule has 0 amide bonds. The number of aryl methyl sites for hydroxylation is 2. The van der Waals surface area contributed by atoms with E-state index >= 15 is 0 Å². The lowest BCUT2D eigenvalue weighted by molar-refractivity contribution is 0.395. The van der Waals surface area contributed by atoms with Gasteiger partial charge in [0, 0.05) is 30.5 Å². The molecule has 2 aromatic rings. The van der Waals surface area contributed by atoms with Crippen molar-refractivity contribution < 1.29 is 0 Å². The number of nitrogens with one attached hydrogen (secondary N) is 1. The van der Waals surface area contributed by atoms with Gasteiger partial charge in [-0.15, -0.1) is 0 Å². The fourth-order valence-electron chi connectivity index (χ4n) is 3.07. The zero-order chi connectivity index (χ0) is 14.1. The van der Waals surface area contributed by atoms with Crippen molar-refractivity contribution in [2.24, 2.45) is 7.05 Å². The Labute approximate surface area is 120 Å². The summed E-state index contributed by atoms with van der Waals surface area (Å²) >= 11 is 0. The number of nitrogens with zero attached hydrogens (tertiary/aromatic N) is 4. The Kier molecular flexibility index (Phi) is 3.61. The largest absolute Gasteiger partial charge is 0.329 e. The molecule has 1 saturated heterocycles. The quantitative estimate of drug-likeness (QED) is 0.931. The Hall–Kier alpha value is -1.62. The van der Waals surface area contributed by atoms with Crippen LogP contribution in [0.4, 0.5) is 0 Å². The number of aromatic nitrogens is 4. The Morgan fingerprint density at radius 1 is 1.35 bits per heavy atom. The molecule has 20 heavy (non-hydrogen) atoms. The lowest BCUT2D eigenvalue weighted by Crippen LogP contribution is -2.28. The average Bonchev–Trinajstić information content (AvgIpc) is 3.01. The van der Waals surface area contributed by atoms with Crippen molar-refractivity contribution in [1.82, 2.24) is 24.6 Å². The van der Waals surface area contributed by atoms with Crippen LogP contribution in [0.25, 0.3) is 0 Å². The summed E-state index contributed by atoms with van der Waals surface area (Å²) in [6.45, 7) is 6.18. The molecule has 1 fully saturated rings. The maximum atomic E-state index is 4.50. The van der Waals surface area contributed by atoms with Crippen LogP contribution in [0.3, 0.4) is 0 Å². The van der Waals surface area contributed by atoms with Crippen LogP contribution in [0.1, 0.15) is 47.9 Å². The lowest BCUT2D eigenvalue weighted by atomic mass is 10.0. The van der Waals surface area contributed by atoms with E-state index < -0.39 is 0 Å². The van der Waals surface area contributed by atoms with E-state index in [1.807, 2.05) is 24.3 Å². The van der Waals surface area contributed by atoms with Crippen molar-refractivity contribution in [3.63, 3.8) is 0 Å². The van der Waals surface area contributed by atoms with Crippen LogP contribution >= 0.6 is 0 Å². The van der Waals surface area contributed by atoms with E-state index in [2.05, 4.69) is 33.8 Å². The van der Waals surface area contributed by atoms with Crippen LogP contribution in [0.15, 0.2) is 12.5 Å². The Bertz CT molecular complexity index is 589. The summed E-state index contributed by atoms with van der Waals surface area (Å²) in [5, 5.41) is 8.10. The highest BCUT2D eigenvalue weighted by molar-refractivity contribution is 5.25. The number of piperidine rings is 1. The highest BCUT2D eigenvalue weighted by Gasteiger charge is 2.19. The summed E-state index contributed by atoms with van der Waals surface area (Å²) < 4.78 is 4.22. The van der Waals surface area contributed by atoms with E-state index in [9.17, 15) is 0 Å². The van der Waals surface area contributed by atoms with Crippen LogP contribution in [-0.2, 0) is 13.6 Å². The van der Waals surface area contributed by atoms with Crippen molar-refractivity contribution >= 4 is 0 Å². The molecule has 1 atom stereocenters. The molecule has 0 aliphatic carbocycles. The molecule has 0 radical (unpaired) electrons. The molecule has 0 spiro atoms. The first-order valence-corrected chi connectivity index (χ1v) is 7.39. The zero-order valence-corrected chi connectivity index (χ0v) is 12.6. The molecule has 108 valence electrons. The molecule has 2 aromatic heterocycles. The molecule has 1 N–H and O–H groups in total. The van der Waals surface area contributed by atoms with Gasteiger partial charge in [0.2, 0.25) is 0 Å². The van der Waals surface area contributed by atoms with Gasteiger partial charge in [-0.3, -0.25) is 4.68 Å². The zero-order valence-electron chi connectivity index (χ0n) is 12.6. The molecule has 1 aliphatic heterocycles. The molecule has 0 bridgehead atoms. The molecule has 3 rings (SSSR count). The molecule has 1 unspecified atom stereocenters. The van der Waals surface area contributed by atoms with Crippen LogP contribution in [0.5, 0.6) is 0 Å². The predicted octanol–water partition coefficient (Wildman–Crippen LogP) is 2.10. The number of rotatable bonds is 3. The summed E-state index contributed by atoms with van der Waals surface area (Å²) in [5.74, 6) is 0. The van der Waals surface area contributed by atoms with Gasteiger partial charge in [-0.1, -0.05) is 6.42 Å². The SMILES string of the molecule is Cc1nn(C)c(C)c1Cn1cncc1C1CCCCN1. The third kappa shape index (κ3) is 2.38. The monoisotopic (exact) mass is 273 g/mol. The highest BCUT2D eigenvalue weighted by Crippen LogP contribution is 2.24. The number of hydrogen-bond donors (Lipinski definition) is 1. The minimum atomic E-state index is 0.448. The minimum absolute atomic E-state index is 0.448. The van der Waals surface area contributed by atoms with Crippen LogP contribution in [0.2, 0.25) is 0 Å². The first kappa shape index (κ1) is 13.4. The maximum Gasteiger partial charge on any atom is 0.0951 e. The van der Waals surface area contributed by atoms with E-state index in [1.54, 1.807) is 0 Å². The van der Waals surface area contributed by atoms with Crippen molar-refractivity contribution in [3.05, 3.63) is 35.2 Å². The second kappa shape index (κ2) is 5.40. The number of hydrogen-bond acceptors (Lipinski definition) is 3. The number of imidazole rings is 1. The highest BCUT2D eigenvalue weighted by atomic mass is 15.3. The first-order valence-electron chi connectivity index (χ1n) is 7.39. The van der Waals surface area contributed by atoms with Gasteiger partial charge in [-0.25, -0.2) is 4.98 Å². The Morgan fingerprint density at radius 2 is 2.20 bits per heavy atom. The van der Waals surface area contributed by atoms with Crippen LogP contribution in [-0.4, -0.2) is 25.9 Å². The maximum absolute atomic E-state index is 4.50. The van der Waals surface area contributed by atoms with Gasteiger partial charge in [0.1, 0.15) is 0 Å². The first-order chi connectivity index (χ1) is 9.66. The molecular formula is C15H23N5. The van der Waals surface area contributed by atoms with E-state index in [4.69, 9.17) is 0 Å². The van der Waals surface area contributed by atoms with Crippen molar-refractivity contribution in [2.45, 2.75) is 45.7 Å². The molecule has 0 saturated carbocycles. The second-order valence-electron chi connectivity index (χ2n) is 5.72. The van der Waals surface area contributed by atoms with Crippen LogP contribution < -0.4 is 5.32 Å². The van der Waals surface area contributed by atoms with Gasteiger partial charge in [0.15, 0.2) is 0 Å². The van der Waals surface area contributed by atoms with Crippen molar-refractivity contribution in [2.75, 3.05) is 6.54 Å². The smallest absolute Gasteiger partial charge is 0.0951 e. The third-order valence-corrected chi connectivity index (χ3v) is 4.40. The van der Waals surface area contributed by atoms with Crippen LogP contribution in [0, 0.1) is 13.8 Å². The van der Waals surface area contributed by atoms with Gasteiger partial charge in [-0.2, -0.15) is 5.10 Å². The van der Waals surface area contributed by atoms with E-state index in [-0.39, 0.29) is 0 Å². The Morgan fingerprint density at radius 3 is 2.85 bits per heavy atom. The summed E-state index contributed by atoms with van der Waals surface area (Å²) in [4.78, 5) is 4.36. The van der Waals surface area contributed by atoms with Gasteiger partial charge in [0.25, 0.3) is 0 Å². The minimum Gasteiger partial charge on any atom is -0.329 e. The molecular weight excluding hydrogens is 250 g/mol. The topological polar surface area (TPSA) is 47.7 Å². The van der Waals surface area contributed by atoms with E-state index in [1.165, 1.54) is 36.2 Å². The van der Waals surface area contributed by atoms with Crippen molar-refractivity contribution in [1.29, 1.82) is 0 Å². The van der Waals surface area contributed by atoms with Gasteiger partial charge in [0.05, 0.1) is 24.3 Å². The van der Waals surface area contributed by atoms with Gasteiger partial charge >= 0.3 is 0 Å². The van der Waals surface area contributed by atoms with Gasteiger partial charge in [-0.05, 0) is 33.2 Å². The van der Waals surface area contributed by atoms with Gasteiger partial charge < -0.3 is 9.88 Å². The van der Waals surface area contributed by atoms with E-state index in [0.717, 1.165) is 18.8 Å². The molecule has 3 heterocycles. The Balaban J connectivity index is 1.86. The predicted molar refractivity (Wildman–Crippen MR) is 78.6 cm³/mol. The summed E-state index contributed by atoms with van der Waals surface area (Å²) in [5.41, 5.74) is 4.95. The molecule has 1 aliphatic rings. The lowest BCUT2D eigenvalue weighted by Gasteiger charge is -2.24. The molecule has 5 heteroatoms. The molecule has 5 nitrogen and oxygen atoms in total. The average molecular weight is 273 g/mol. The summed E-state index contributed by atoms with van der Waals surface area (Å²) in [6, 6.07) is 0.448. The summed E-state index contributed by atoms with van der Waals surface area (Å²) in [7, 11) is 2.00. The summed E-state index contributed by atoms with van der Waals surface area (Å²) in [6.07, 6.45) is 7.73. The fourth-order valence-corrected chi connectivity index (χ4v) is 3.07. The fraction of sp³-hybridized carbons (Fsp3) is 0.600. The second-order valence-corrected chi connectivity index (χ2v) is 5.72. The third-order valence-electron chi connectivity index (χ3n) is 4.40. The standard InChI is InChI=1S/C15H23N5/c1-11-13(12(2)19(3)18-11)9-20-10-16-8-15(20)14-6-4-5-7-17-14/h8,10,14,17H,4-7,9H2,1-3H3. The molecule has 0 aromatic carbocycles. The van der Waals surface area contributed by atoms with E-state index in [0.29, 0.717) is 6.04 Å².